The zero-order chi connectivity index (χ0) is 22.4. The zero-order valence-electron chi connectivity index (χ0n) is 16.2. The number of amides is 1. The lowest BCUT2D eigenvalue weighted by Crippen LogP contribution is -2.29. The van der Waals surface area contributed by atoms with E-state index >= 15 is 0 Å². The highest BCUT2D eigenvalue weighted by Gasteiger charge is 2.22. The monoisotopic (exact) mass is 448 g/mol. The second-order valence-electron chi connectivity index (χ2n) is 5.80. The SMILES string of the molecule is CNC(=O)/C(=N/OC)c1ccc(F)cc1Oc1ncnc(Oc2ccc(Cl)cc2)c1F. The molecule has 0 unspecified atom stereocenters. The van der Waals surface area contributed by atoms with Gasteiger partial charge in [-0.2, -0.15) is 14.4 Å². The molecule has 0 aliphatic carbocycles. The summed E-state index contributed by atoms with van der Waals surface area (Å²) < 4.78 is 39.6. The van der Waals surface area contributed by atoms with Crippen LogP contribution in [0.5, 0.6) is 23.3 Å². The van der Waals surface area contributed by atoms with Crippen LogP contribution in [0.15, 0.2) is 53.9 Å². The average molecular weight is 449 g/mol. The fraction of sp³-hybridized carbons (Fsp3) is 0.100. The molecule has 1 heterocycles. The summed E-state index contributed by atoms with van der Waals surface area (Å²) in [6.07, 6.45) is 1.01. The minimum atomic E-state index is -1.04. The summed E-state index contributed by atoms with van der Waals surface area (Å²) in [5, 5.41) is 6.49. The van der Waals surface area contributed by atoms with Gasteiger partial charge in [-0.25, -0.2) is 4.39 Å². The number of likely N-dealkylation sites (N-methyl/N-ethyl adjacent to an activating group) is 1. The van der Waals surface area contributed by atoms with Crippen molar-refractivity contribution in [3.8, 4) is 23.3 Å². The maximum atomic E-state index is 14.9. The Labute approximate surface area is 180 Å². The molecule has 0 bridgehead atoms. The van der Waals surface area contributed by atoms with Crippen LogP contribution in [0.3, 0.4) is 0 Å². The summed E-state index contributed by atoms with van der Waals surface area (Å²) in [6, 6.07) is 9.43. The van der Waals surface area contributed by atoms with Gasteiger partial charge in [0.1, 0.15) is 30.8 Å². The van der Waals surface area contributed by atoms with Gasteiger partial charge in [0, 0.05) is 18.1 Å². The van der Waals surface area contributed by atoms with E-state index in [2.05, 4.69) is 25.3 Å². The number of hydrogen-bond donors (Lipinski definition) is 1. The molecule has 1 amide bonds. The summed E-state index contributed by atoms with van der Waals surface area (Å²) in [6.45, 7) is 0. The van der Waals surface area contributed by atoms with E-state index in [1.165, 1.54) is 32.4 Å². The average Bonchev–Trinajstić information content (AvgIpc) is 2.76. The van der Waals surface area contributed by atoms with Crippen molar-refractivity contribution < 1.29 is 27.9 Å². The summed E-state index contributed by atoms with van der Waals surface area (Å²) in [4.78, 5) is 24.3. The lowest BCUT2D eigenvalue weighted by atomic mass is 10.1. The minimum absolute atomic E-state index is 0.0424. The van der Waals surface area contributed by atoms with Gasteiger partial charge in [-0.3, -0.25) is 4.79 Å². The third-order valence-corrected chi connectivity index (χ3v) is 4.04. The molecule has 160 valence electrons. The fourth-order valence-electron chi connectivity index (χ4n) is 2.40. The predicted molar refractivity (Wildman–Crippen MR) is 108 cm³/mol. The molecule has 0 aliphatic rings. The minimum Gasteiger partial charge on any atom is -0.436 e. The number of aromatic nitrogens is 2. The highest BCUT2D eigenvalue weighted by atomic mass is 35.5. The number of nitrogens with one attached hydrogen (secondary N) is 1. The number of carbonyl (C=O) groups is 1. The lowest BCUT2D eigenvalue weighted by molar-refractivity contribution is -0.114. The molecule has 0 atom stereocenters. The molecule has 1 aromatic heterocycles. The number of rotatable bonds is 7. The molecule has 8 nitrogen and oxygen atoms in total. The van der Waals surface area contributed by atoms with Crippen LogP contribution in [0.1, 0.15) is 5.56 Å². The topological polar surface area (TPSA) is 94.9 Å². The first-order chi connectivity index (χ1) is 14.9. The van der Waals surface area contributed by atoms with Gasteiger partial charge in [0.2, 0.25) is 5.82 Å². The van der Waals surface area contributed by atoms with Gasteiger partial charge in [0.05, 0.1) is 5.56 Å². The molecule has 0 radical (unpaired) electrons. The van der Waals surface area contributed by atoms with Crippen molar-refractivity contribution in [3.63, 3.8) is 0 Å². The van der Waals surface area contributed by atoms with Gasteiger partial charge >= 0.3 is 0 Å². The molecular formula is C20H15ClF2N4O4. The molecule has 1 N–H and O–H groups in total. The molecule has 3 rings (SSSR count). The van der Waals surface area contributed by atoms with E-state index in [0.717, 1.165) is 18.5 Å². The largest absolute Gasteiger partial charge is 0.436 e. The Hall–Kier alpha value is -3.79. The molecule has 0 spiro atoms. The van der Waals surface area contributed by atoms with Crippen LogP contribution in [0.2, 0.25) is 5.02 Å². The van der Waals surface area contributed by atoms with Crippen LogP contribution in [-0.4, -0.2) is 35.7 Å². The molecule has 0 saturated heterocycles. The van der Waals surface area contributed by atoms with E-state index in [1.807, 2.05) is 0 Å². The van der Waals surface area contributed by atoms with Crippen LogP contribution in [0, 0.1) is 11.6 Å². The Kier molecular flexibility index (Phi) is 6.93. The van der Waals surface area contributed by atoms with Crippen molar-refractivity contribution in [2.24, 2.45) is 5.16 Å². The van der Waals surface area contributed by atoms with Gasteiger partial charge < -0.3 is 19.6 Å². The molecular weight excluding hydrogens is 434 g/mol. The first kappa shape index (κ1) is 21.9. The Balaban J connectivity index is 1.97. The summed E-state index contributed by atoms with van der Waals surface area (Å²) in [5.74, 6) is -3.31. The van der Waals surface area contributed by atoms with E-state index in [1.54, 1.807) is 12.1 Å². The van der Waals surface area contributed by atoms with Crippen LogP contribution in [-0.2, 0) is 9.63 Å². The van der Waals surface area contributed by atoms with E-state index in [0.29, 0.717) is 5.02 Å². The van der Waals surface area contributed by atoms with Gasteiger partial charge in [0.15, 0.2) is 5.71 Å². The molecule has 11 heteroatoms. The number of ether oxygens (including phenoxy) is 2. The number of halogens is 3. The Morgan fingerprint density at radius 3 is 2.39 bits per heavy atom. The first-order valence-electron chi connectivity index (χ1n) is 8.68. The fourth-order valence-corrected chi connectivity index (χ4v) is 2.52. The lowest BCUT2D eigenvalue weighted by Gasteiger charge is -2.13. The van der Waals surface area contributed by atoms with Gasteiger partial charge in [-0.05, 0) is 36.4 Å². The van der Waals surface area contributed by atoms with E-state index < -0.39 is 29.3 Å². The Morgan fingerprint density at radius 2 is 1.74 bits per heavy atom. The number of nitrogens with zero attached hydrogens (tertiary/aromatic N) is 3. The zero-order valence-corrected chi connectivity index (χ0v) is 17.0. The second kappa shape index (κ2) is 9.81. The van der Waals surface area contributed by atoms with Crippen molar-refractivity contribution >= 4 is 23.2 Å². The van der Waals surface area contributed by atoms with Crippen LogP contribution >= 0.6 is 11.6 Å². The van der Waals surface area contributed by atoms with E-state index in [9.17, 15) is 13.6 Å². The van der Waals surface area contributed by atoms with Crippen molar-refractivity contribution in [1.29, 1.82) is 0 Å². The summed E-state index contributed by atoms with van der Waals surface area (Å²) in [5.41, 5.74) is -0.173. The van der Waals surface area contributed by atoms with Gasteiger partial charge in [-0.15, -0.1) is 0 Å². The molecule has 0 saturated carbocycles. The smallest absolute Gasteiger partial charge is 0.273 e. The molecule has 2 aromatic carbocycles. The maximum absolute atomic E-state index is 14.9. The first-order valence-corrected chi connectivity index (χ1v) is 9.05. The van der Waals surface area contributed by atoms with E-state index in [-0.39, 0.29) is 22.8 Å². The molecule has 3 aromatic rings. The number of benzene rings is 2. The predicted octanol–water partition coefficient (Wildman–Crippen LogP) is 4.09. The second-order valence-corrected chi connectivity index (χ2v) is 6.23. The van der Waals surface area contributed by atoms with Gasteiger partial charge in [0.25, 0.3) is 17.7 Å². The quantitative estimate of drug-likeness (QED) is 0.432. The summed E-state index contributed by atoms with van der Waals surface area (Å²) in [7, 11) is 2.61. The highest BCUT2D eigenvalue weighted by Crippen LogP contribution is 2.32. The highest BCUT2D eigenvalue weighted by molar-refractivity contribution is 6.45. The molecule has 31 heavy (non-hydrogen) atoms. The van der Waals surface area contributed by atoms with Crippen molar-refractivity contribution in [1.82, 2.24) is 15.3 Å². The third kappa shape index (κ3) is 5.23. The Bertz CT molecular complexity index is 1130. The molecule has 0 aliphatic heterocycles. The normalized spacial score (nSPS) is 11.1. The van der Waals surface area contributed by atoms with Crippen molar-refractivity contribution in [3.05, 3.63) is 71.0 Å². The number of hydrogen-bond acceptors (Lipinski definition) is 7. The molecule has 0 fully saturated rings. The standard InChI is InChI=1S/C20H15ClF2N4O4/c1-24-18(28)17(27-29-2)14-8-5-12(22)9-15(14)31-20-16(23)19(25-10-26-20)30-13-6-3-11(21)4-7-13/h3-10H,1-2H3,(H,24,28)/b27-17+. The Morgan fingerprint density at radius 1 is 1.06 bits per heavy atom. The number of carbonyl (C=O) groups excluding carboxylic acids is 1. The third-order valence-electron chi connectivity index (χ3n) is 3.78. The van der Waals surface area contributed by atoms with Crippen molar-refractivity contribution in [2.75, 3.05) is 14.2 Å². The maximum Gasteiger partial charge on any atom is 0.273 e. The van der Waals surface area contributed by atoms with Crippen LogP contribution in [0.4, 0.5) is 8.78 Å². The van der Waals surface area contributed by atoms with Crippen LogP contribution in [0.25, 0.3) is 0 Å². The van der Waals surface area contributed by atoms with E-state index in [4.69, 9.17) is 21.1 Å². The van der Waals surface area contributed by atoms with Crippen LogP contribution < -0.4 is 14.8 Å². The van der Waals surface area contributed by atoms with Crippen molar-refractivity contribution in [2.45, 2.75) is 0 Å². The van der Waals surface area contributed by atoms with Gasteiger partial charge in [-0.1, -0.05) is 16.8 Å². The number of oxime groups is 1. The summed E-state index contributed by atoms with van der Waals surface area (Å²) >= 11 is 5.82.